The summed E-state index contributed by atoms with van der Waals surface area (Å²) in [7, 11) is 0. The minimum Gasteiger partial charge on any atom is -0.453 e. The molecule has 1 aromatic carbocycles. The van der Waals surface area contributed by atoms with Crippen LogP contribution in [0.2, 0.25) is 0 Å². The average Bonchev–Trinajstić information content (AvgIpc) is 2.81. The molecule has 0 atom stereocenters. The van der Waals surface area contributed by atoms with Crippen molar-refractivity contribution >= 4 is 16.8 Å². The van der Waals surface area contributed by atoms with Crippen LogP contribution in [-0.4, -0.2) is 19.0 Å². The Bertz CT molecular complexity index is 507. The van der Waals surface area contributed by atoms with Gasteiger partial charge in [0.25, 0.3) is 0 Å². The Labute approximate surface area is 113 Å². The molecule has 0 aliphatic rings. The Morgan fingerprint density at radius 3 is 2.84 bits per heavy atom. The molecule has 1 heterocycles. The number of fused-ring (bicyclic) bond motifs is 1. The minimum absolute atomic E-state index is 0.0952. The topological polar surface area (TPSA) is 39.4 Å². The van der Waals surface area contributed by atoms with Crippen LogP contribution in [0, 0.1) is 5.92 Å². The molecule has 0 N–H and O–H groups in total. The van der Waals surface area contributed by atoms with Gasteiger partial charge in [0.2, 0.25) is 5.78 Å². The van der Waals surface area contributed by atoms with E-state index >= 15 is 0 Å². The van der Waals surface area contributed by atoms with E-state index in [1.165, 1.54) is 0 Å². The fourth-order valence-corrected chi connectivity index (χ4v) is 1.95. The second-order valence-electron chi connectivity index (χ2n) is 5.16. The summed E-state index contributed by atoms with van der Waals surface area (Å²) >= 11 is 0. The third kappa shape index (κ3) is 3.93. The summed E-state index contributed by atoms with van der Waals surface area (Å²) in [5.74, 6) is 0.959. The second-order valence-corrected chi connectivity index (χ2v) is 5.16. The molecule has 1 aromatic heterocycles. The first-order valence-electron chi connectivity index (χ1n) is 6.76. The van der Waals surface area contributed by atoms with Crippen molar-refractivity contribution in [2.45, 2.75) is 26.7 Å². The molecular formula is C16H20O3. The van der Waals surface area contributed by atoms with Gasteiger partial charge in [-0.05, 0) is 30.9 Å². The van der Waals surface area contributed by atoms with Crippen LogP contribution in [0.25, 0.3) is 11.0 Å². The summed E-state index contributed by atoms with van der Waals surface area (Å²) in [6.07, 6.45) is 2.11. The number of hydrogen-bond acceptors (Lipinski definition) is 3. The standard InChI is InChI=1S/C16H20O3/c1-12(2)6-5-9-18-11-14(17)16-10-13-7-3-4-8-15(13)19-16/h3-4,7-8,10,12H,5-6,9,11H2,1-2H3. The van der Waals surface area contributed by atoms with Crippen molar-refractivity contribution < 1.29 is 13.9 Å². The molecule has 2 aromatic rings. The van der Waals surface area contributed by atoms with Gasteiger partial charge in [-0.2, -0.15) is 0 Å². The molecule has 0 saturated carbocycles. The van der Waals surface area contributed by atoms with Crippen LogP contribution in [0.1, 0.15) is 37.2 Å². The normalized spacial score (nSPS) is 11.3. The van der Waals surface area contributed by atoms with E-state index in [0.717, 1.165) is 23.8 Å². The van der Waals surface area contributed by atoms with Gasteiger partial charge < -0.3 is 9.15 Å². The van der Waals surface area contributed by atoms with Crippen molar-refractivity contribution in [1.82, 2.24) is 0 Å². The number of carbonyl (C=O) groups is 1. The predicted octanol–water partition coefficient (Wildman–Crippen LogP) is 4.07. The fraction of sp³-hybridized carbons (Fsp3) is 0.438. The highest BCUT2D eigenvalue weighted by Crippen LogP contribution is 2.19. The zero-order valence-corrected chi connectivity index (χ0v) is 11.5. The molecule has 0 aliphatic carbocycles. The van der Waals surface area contributed by atoms with Crippen molar-refractivity contribution in [2.24, 2.45) is 5.92 Å². The van der Waals surface area contributed by atoms with Crippen LogP contribution < -0.4 is 0 Å². The minimum atomic E-state index is -0.0965. The molecule has 3 nitrogen and oxygen atoms in total. The number of rotatable bonds is 7. The predicted molar refractivity (Wildman–Crippen MR) is 75.4 cm³/mol. The number of carbonyl (C=O) groups excluding carboxylic acids is 1. The third-order valence-electron chi connectivity index (χ3n) is 3.00. The molecule has 0 radical (unpaired) electrons. The highest BCUT2D eigenvalue weighted by atomic mass is 16.5. The van der Waals surface area contributed by atoms with E-state index < -0.39 is 0 Å². The maximum Gasteiger partial charge on any atom is 0.223 e. The molecule has 3 heteroatoms. The van der Waals surface area contributed by atoms with Crippen molar-refractivity contribution in [3.63, 3.8) is 0 Å². The number of Topliss-reactive ketones (excluding diaryl/α,β-unsaturated/α-hetero) is 1. The van der Waals surface area contributed by atoms with E-state index in [4.69, 9.17) is 9.15 Å². The molecule has 102 valence electrons. The SMILES string of the molecule is CC(C)CCCOCC(=O)c1cc2ccccc2o1. The number of ether oxygens (including phenoxy) is 1. The molecule has 0 amide bonds. The zero-order valence-electron chi connectivity index (χ0n) is 11.5. The summed E-state index contributed by atoms with van der Waals surface area (Å²) < 4.78 is 10.9. The molecule has 0 fully saturated rings. The Morgan fingerprint density at radius 1 is 1.32 bits per heavy atom. The third-order valence-corrected chi connectivity index (χ3v) is 3.00. The lowest BCUT2D eigenvalue weighted by Gasteiger charge is -2.04. The Morgan fingerprint density at radius 2 is 2.11 bits per heavy atom. The first-order chi connectivity index (χ1) is 9.16. The van der Waals surface area contributed by atoms with Crippen molar-refractivity contribution in [3.8, 4) is 0 Å². The van der Waals surface area contributed by atoms with E-state index in [0.29, 0.717) is 18.3 Å². The lowest BCUT2D eigenvalue weighted by Crippen LogP contribution is -2.09. The lowest BCUT2D eigenvalue weighted by molar-refractivity contribution is 0.0724. The number of furan rings is 1. The Kier molecular flexibility index (Phi) is 4.74. The van der Waals surface area contributed by atoms with E-state index in [1.807, 2.05) is 24.3 Å². The van der Waals surface area contributed by atoms with Crippen LogP contribution in [0.4, 0.5) is 0 Å². The highest BCUT2D eigenvalue weighted by molar-refractivity contribution is 5.98. The van der Waals surface area contributed by atoms with Gasteiger partial charge in [-0.3, -0.25) is 4.79 Å². The van der Waals surface area contributed by atoms with Crippen molar-refractivity contribution in [2.75, 3.05) is 13.2 Å². The van der Waals surface area contributed by atoms with Crippen LogP contribution >= 0.6 is 0 Å². The maximum atomic E-state index is 11.9. The monoisotopic (exact) mass is 260 g/mol. The quantitative estimate of drug-likeness (QED) is 0.556. The molecule has 0 bridgehead atoms. The summed E-state index contributed by atoms with van der Waals surface area (Å²) in [5, 5.41) is 0.950. The van der Waals surface area contributed by atoms with Gasteiger partial charge >= 0.3 is 0 Å². The first kappa shape index (κ1) is 13.8. The molecule has 0 spiro atoms. The van der Waals surface area contributed by atoms with E-state index in [-0.39, 0.29) is 12.4 Å². The largest absolute Gasteiger partial charge is 0.453 e. The molecule has 2 rings (SSSR count). The smallest absolute Gasteiger partial charge is 0.223 e. The molecule has 19 heavy (non-hydrogen) atoms. The molecule has 0 aliphatic heterocycles. The zero-order chi connectivity index (χ0) is 13.7. The van der Waals surface area contributed by atoms with Crippen LogP contribution in [0.15, 0.2) is 34.7 Å². The molecule has 0 unspecified atom stereocenters. The van der Waals surface area contributed by atoms with E-state index in [2.05, 4.69) is 13.8 Å². The number of hydrogen-bond donors (Lipinski definition) is 0. The number of benzene rings is 1. The second kappa shape index (κ2) is 6.53. The van der Waals surface area contributed by atoms with Gasteiger partial charge in [0.15, 0.2) is 5.76 Å². The van der Waals surface area contributed by atoms with Gasteiger partial charge in [-0.25, -0.2) is 0 Å². The molecule has 0 saturated heterocycles. The van der Waals surface area contributed by atoms with E-state index in [9.17, 15) is 4.79 Å². The van der Waals surface area contributed by atoms with Gasteiger partial charge in [-0.15, -0.1) is 0 Å². The maximum absolute atomic E-state index is 11.9. The van der Waals surface area contributed by atoms with Crippen LogP contribution in [0.3, 0.4) is 0 Å². The molecular weight excluding hydrogens is 240 g/mol. The summed E-state index contributed by atoms with van der Waals surface area (Å²) in [6, 6.07) is 9.38. The van der Waals surface area contributed by atoms with Gasteiger partial charge in [0, 0.05) is 12.0 Å². The Hall–Kier alpha value is -1.61. The number of ketones is 1. The average molecular weight is 260 g/mol. The summed E-state index contributed by atoms with van der Waals surface area (Å²) in [4.78, 5) is 11.9. The van der Waals surface area contributed by atoms with E-state index in [1.54, 1.807) is 6.07 Å². The van der Waals surface area contributed by atoms with Crippen molar-refractivity contribution in [3.05, 3.63) is 36.1 Å². The lowest BCUT2D eigenvalue weighted by atomic mass is 10.1. The number of para-hydroxylation sites is 1. The fourth-order valence-electron chi connectivity index (χ4n) is 1.95. The van der Waals surface area contributed by atoms with Crippen LogP contribution in [-0.2, 0) is 4.74 Å². The summed E-state index contributed by atoms with van der Waals surface area (Å²) in [5.41, 5.74) is 0.741. The highest BCUT2D eigenvalue weighted by Gasteiger charge is 2.11. The van der Waals surface area contributed by atoms with Gasteiger partial charge in [0.05, 0.1) is 0 Å². The first-order valence-corrected chi connectivity index (χ1v) is 6.76. The van der Waals surface area contributed by atoms with Crippen molar-refractivity contribution in [1.29, 1.82) is 0 Å². The van der Waals surface area contributed by atoms with Gasteiger partial charge in [-0.1, -0.05) is 32.0 Å². The summed E-state index contributed by atoms with van der Waals surface area (Å²) in [6.45, 7) is 5.08. The van der Waals surface area contributed by atoms with Gasteiger partial charge in [0.1, 0.15) is 12.2 Å². The van der Waals surface area contributed by atoms with Crippen LogP contribution in [0.5, 0.6) is 0 Å². The Balaban J connectivity index is 1.83.